The molecule has 0 saturated carbocycles. The first-order valence-electron chi connectivity index (χ1n) is 11.5. The third-order valence-electron chi connectivity index (χ3n) is 5.32. The average Bonchev–Trinajstić information content (AvgIpc) is 3.26. The maximum Gasteiger partial charge on any atom is 0.286 e. The van der Waals surface area contributed by atoms with Crippen molar-refractivity contribution in [1.82, 2.24) is 5.32 Å². The molecule has 1 N–H and O–H groups in total. The van der Waals surface area contributed by atoms with Gasteiger partial charge in [0.15, 0.2) is 15.6 Å². The van der Waals surface area contributed by atoms with Crippen LogP contribution in [0.5, 0.6) is 0 Å². The summed E-state index contributed by atoms with van der Waals surface area (Å²) in [6.45, 7) is 4.47. The van der Waals surface area contributed by atoms with E-state index in [2.05, 4.69) is 29.3 Å². The molecule has 3 rings (SSSR count). The van der Waals surface area contributed by atoms with E-state index < -0.39 is 9.84 Å². The molecule has 0 unspecified atom stereocenters. The summed E-state index contributed by atoms with van der Waals surface area (Å²) in [5, 5.41) is 3.35. The molecule has 0 spiro atoms. The van der Waals surface area contributed by atoms with E-state index in [0.29, 0.717) is 17.1 Å². The van der Waals surface area contributed by atoms with Gasteiger partial charge in [0.1, 0.15) is 11.5 Å². The zero-order chi connectivity index (χ0) is 24.4. The first-order valence-corrected chi connectivity index (χ1v) is 13.7. The molecule has 6 nitrogen and oxygen atoms in total. The van der Waals surface area contributed by atoms with Crippen molar-refractivity contribution in [3.63, 3.8) is 0 Å². The fourth-order valence-electron chi connectivity index (χ4n) is 3.64. The van der Waals surface area contributed by atoms with Crippen LogP contribution >= 0.6 is 11.6 Å². The lowest BCUT2D eigenvalue weighted by Crippen LogP contribution is -2.30. The summed E-state index contributed by atoms with van der Waals surface area (Å²) < 4.78 is 30.6. The van der Waals surface area contributed by atoms with E-state index in [-0.39, 0.29) is 28.9 Å². The molecule has 1 amide bonds. The molecule has 3 aromatic rings. The molecule has 1 aromatic heterocycles. The lowest BCUT2D eigenvalue weighted by molar-refractivity contribution is 0.0924. The second kappa shape index (κ2) is 12.6. The highest BCUT2D eigenvalue weighted by Crippen LogP contribution is 2.18. The van der Waals surface area contributed by atoms with Crippen LogP contribution < -0.4 is 10.2 Å². The van der Waals surface area contributed by atoms with Gasteiger partial charge in [0.25, 0.3) is 5.91 Å². The first kappa shape index (κ1) is 25.8. The summed E-state index contributed by atoms with van der Waals surface area (Å²) >= 11 is 5.93. The van der Waals surface area contributed by atoms with Crippen molar-refractivity contribution in [2.75, 3.05) is 24.5 Å². The van der Waals surface area contributed by atoms with Crippen molar-refractivity contribution in [2.45, 2.75) is 37.7 Å². The normalized spacial score (nSPS) is 11.4. The lowest BCUT2D eigenvalue weighted by atomic mass is 10.2. The van der Waals surface area contributed by atoms with E-state index in [1.165, 1.54) is 17.8 Å². The third kappa shape index (κ3) is 8.22. The van der Waals surface area contributed by atoms with Crippen LogP contribution in [0.15, 0.2) is 71.1 Å². The number of nitrogens with zero attached hydrogens (tertiary/aromatic N) is 1. The number of carbonyl (C=O) groups excluding carboxylic acids is 1. The molecule has 0 aliphatic rings. The number of nitrogens with one attached hydrogen (secondary N) is 1. The molecule has 0 radical (unpaired) electrons. The average molecular weight is 503 g/mol. The van der Waals surface area contributed by atoms with Crippen molar-refractivity contribution in [3.8, 4) is 0 Å². The van der Waals surface area contributed by atoms with Gasteiger partial charge in [-0.15, -0.1) is 0 Å². The summed E-state index contributed by atoms with van der Waals surface area (Å²) in [6.07, 6.45) is 3.01. The Bertz CT molecular complexity index is 1160. The molecule has 0 fully saturated rings. The van der Waals surface area contributed by atoms with Crippen molar-refractivity contribution in [3.05, 3.63) is 88.8 Å². The number of halogens is 1. The third-order valence-corrected chi connectivity index (χ3v) is 7.05. The van der Waals surface area contributed by atoms with E-state index in [4.69, 9.17) is 16.0 Å². The Morgan fingerprint density at radius 1 is 0.971 bits per heavy atom. The molecular formula is C26H31ClN2O4S. The second-order valence-corrected chi connectivity index (χ2v) is 10.7. The number of benzene rings is 2. The van der Waals surface area contributed by atoms with E-state index in [1.807, 2.05) is 18.2 Å². The molecule has 182 valence electrons. The lowest BCUT2D eigenvalue weighted by Gasteiger charge is -2.24. The minimum absolute atomic E-state index is 0.110. The van der Waals surface area contributed by atoms with Gasteiger partial charge in [-0.3, -0.25) is 4.79 Å². The highest BCUT2D eigenvalue weighted by Gasteiger charge is 2.18. The fourth-order valence-corrected chi connectivity index (χ4v) is 5.23. The topological polar surface area (TPSA) is 79.6 Å². The van der Waals surface area contributed by atoms with Gasteiger partial charge in [-0.2, -0.15) is 0 Å². The molecule has 0 saturated heterocycles. The number of sulfone groups is 1. The minimum Gasteiger partial charge on any atom is -0.455 e. The largest absolute Gasteiger partial charge is 0.455 e. The Kier molecular flexibility index (Phi) is 9.60. The van der Waals surface area contributed by atoms with Gasteiger partial charge in [-0.1, -0.05) is 55.3 Å². The standard InChI is InChI=1S/C26H31ClN2O4S/c1-2-3-16-29(23-11-5-4-6-12-23)17-8-15-28-26(30)25-14-13-24(33-25)20-34(31,32)19-21-9-7-10-22(27)18-21/h4-7,9-14,18H,2-3,8,15-17,19-20H2,1H3,(H,28,30). The highest BCUT2D eigenvalue weighted by atomic mass is 35.5. The van der Waals surface area contributed by atoms with Crippen LogP contribution in [0.2, 0.25) is 5.02 Å². The number of amides is 1. The van der Waals surface area contributed by atoms with Gasteiger partial charge in [0, 0.05) is 30.3 Å². The molecule has 1 heterocycles. The molecule has 8 heteroatoms. The van der Waals surface area contributed by atoms with Gasteiger partial charge >= 0.3 is 0 Å². The zero-order valence-electron chi connectivity index (χ0n) is 19.4. The summed E-state index contributed by atoms with van der Waals surface area (Å²) in [7, 11) is -3.47. The number of para-hydroxylation sites is 1. The molecule has 0 bridgehead atoms. The monoisotopic (exact) mass is 502 g/mol. The maximum absolute atomic E-state index is 12.5. The fraction of sp³-hybridized carbons (Fsp3) is 0.346. The number of furan rings is 1. The highest BCUT2D eigenvalue weighted by molar-refractivity contribution is 7.89. The number of rotatable bonds is 13. The molecule has 0 aliphatic heterocycles. The van der Waals surface area contributed by atoms with Gasteiger partial charge in [0.2, 0.25) is 0 Å². The minimum atomic E-state index is -3.47. The quantitative estimate of drug-likeness (QED) is 0.313. The van der Waals surface area contributed by atoms with E-state index >= 15 is 0 Å². The Morgan fingerprint density at radius 2 is 1.74 bits per heavy atom. The number of anilines is 1. The summed E-state index contributed by atoms with van der Waals surface area (Å²) in [5.41, 5.74) is 1.79. The Labute approximate surface area is 206 Å². The van der Waals surface area contributed by atoms with Crippen molar-refractivity contribution in [2.24, 2.45) is 0 Å². The van der Waals surface area contributed by atoms with Crippen LogP contribution in [0.25, 0.3) is 0 Å². The number of hydrogen-bond donors (Lipinski definition) is 1. The molecule has 34 heavy (non-hydrogen) atoms. The predicted molar refractivity (Wildman–Crippen MR) is 137 cm³/mol. The maximum atomic E-state index is 12.5. The van der Waals surface area contributed by atoms with Crippen LogP contribution in [0.3, 0.4) is 0 Å². The van der Waals surface area contributed by atoms with Crippen LogP contribution in [0.4, 0.5) is 5.69 Å². The van der Waals surface area contributed by atoms with Crippen LogP contribution in [0, 0.1) is 0 Å². The van der Waals surface area contributed by atoms with E-state index in [0.717, 1.165) is 32.4 Å². The van der Waals surface area contributed by atoms with Crippen molar-refractivity contribution >= 4 is 33.0 Å². The molecule has 0 aliphatic carbocycles. The van der Waals surface area contributed by atoms with Crippen molar-refractivity contribution < 1.29 is 17.6 Å². The van der Waals surface area contributed by atoms with Crippen LogP contribution in [-0.2, 0) is 21.3 Å². The van der Waals surface area contributed by atoms with E-state index in [9.17, 15) is 13.2 Å². The van der Waals surface area contributed by atoms with Gasteiger partial charge in [-0.25, -0.2) is 8.42 Å². The van der Waals surface area contributed by atoms with Crippen molar-refractivity contribution in [1.29, 1.82) is 0 Å². The number of hydrogen-bond acceptors (Lipinski definition) is 5. The van der Waals surface area contributed by atoms with E-state index in [1.54, 1.807) is 24.3 Å². The zero-order valence-corrected chi connectivity index (χ0v) is 20.9. The molecule has 2 aromatic carbocycles. The second-order valence-electron chi connectivity index (χ2n) is 8.21. The van der Waals surface area contributed by atoms with Gasteiger partial charge in [-0.05, 0) is 54.8 Å². The van der Waals surface area contributed by atoms with Gasteiger partial charge in [0.05, 0.1) is 5.75 Å². The van der Waals surface area contributed by atoms with Crippen LogP contribution in [0.1, 0.15) is 48.1 Å². The molecule has 0 atom stereocenters. The summed E-state index contributed by atoms with van der Waals surface area (Å²) in [4.78, 5) is 14.8. The number of unbranched alkanes of at least 4 members (excludes halogenated alkanes) is 1. The Morgan fingerprint density at radius 3 is 2.47 bits per heavy atom. The number of carbonyl (C=O) groups is 1. The SMILES string of the molecule is CCCCN(CCCNC(=O)c1ccc(CS(=O)(=O)Cc2cccc(Cl)c2)o1)c1ccccc1. The predicted octanol–water partition coefficient (Wildman–Crippen LogP) is 5.47. The molecular weight excluding hydrogens is 472 g/mol. The van der Waals surface area contributed by atoms with Crippen LogP contribution in [-0.4, -0.2) is 34.0 Å². The summed E-state index contributed by atoms with van der Waals surface area (Å²) in [5.74, 6) is -0.429. The Hall–Kier alpha value is -2.77. The first-order chi connectivity index (χ1) is 16.4. The Balaban J connectivity index is 1.48. The smallest absolute Gasteiger partial charge is 0.286 e. The van der Waals surface area contributed by atoms with Gasteiger partial charge < -0.3 is 14.6 Å². The summed E-state index contributed by atoms with van der Waals surface area (Å²) in [6, 6.07) is 20.0.